The summed E-state index contributed by atoms with van der Waals surface area (Å²) in [4.78, 5) is 15.3. The zero-order valence-corrected chi connectivity index (χ0v) is 20.8. The summed E-state index contributed by atoms with van der Waals surface area (Å²) in [7, 11) is -1.33. The molecule has 1 amide bonds. The summed E-state index contributed by atoms with van der Waals surface area (Å²) in [5.41, 5.74) is 2.60. The minimum atomic E-state index is -3.52. The van der Waals surface area contributed by atoms with E-state index in [1.165, 1.54) is 42.0 Å². The van der Waals surface area contributed by atoms with Crippen LogP contribution in [0.15, 0.2) is 53.4 Å². The molecule has 1 aliphatic carbocycles. The Labute approximate surface area is 203 Å². The van der Waals surface area contributed by atoms with E-state index < -0.39 is 10.0 Å². The Morgan fingerprint density at radius 2 is 1.74 bits per heavy atom. The van der Waals surface area contributed by atoms with E-state index >= 15 is 0 Å². The summed E-state index contributed by atoms with van der Waals surface area (Å²) in [5, 5.41) is 6.10. The normalized spacial score (nSPS) is 17.7. The van der Waals surface area contributed by atoms with Crippen LogP contribution in [0, 0.1) is 0 Å². The predicted molar refractivity (Wildman–Crippen MR) is 136 cm³/mol. The molecule has 0 atom stereocenters. The van der Waals surface area contributed by atoms with Gasteiger partial charge in [-0.25, -0.2) is 8.42 Å². The summed E-state index contributed by atoms with van der Waals surface area (Å²) in [5.74, 6) is -0.217. The molecule has 2 N–H and O–H groups in total. The van der Waals surface area contributed by atoms with Crippen LogP contribution in [0.2, 0.25) is 0 Å². The molecule has 0 bridgehead atoms. The maximum Gasteiger partial charge on any atom is 0.243 e. The van der Waals surface area contributed by atoms with Gasteiger partial charge < -0.3 is 10.6 Å². The molecular weight excluding hydrogens is 448 g/mol. The third-order valence-electron chi connectivity index (χ3n) is 6.90. The smallest absolute Gasteiger partial charge is 0.243 e. The second-order valence-corrected chi connectivity index (χ2v) is 11.3. The zero-order valence-electron chi connectivity index (χ0n) is 20.0. The van der Waals surface area contributed by atoms with Gasteiger partial charge >= 0.3 is 0 Å². The number of carbonyl (C=O) groups excluding carboxylic acids is 1. The zero-order chi connectivity index (χ0) is 24.0. The highest BCUT2D eigenvalue weighted by atomic mass is 32.2. The number of nitrogens with one attached hydrogen (secondary N) is 2. The number of sulfonamides is 1. The van der Waals surface area contributed by atoms with Gasteiger partial charge in [0.25, 0.3) is 0 Å². The lowest BCUT2D eigenvalue weighted by molar-refractivity contribution is -0.114. The first-order valence-corrected chi connectivity index (χ1v) is 13.8. The molecule has 2 aromatic carbocycles. The highest BCUT2D eigenvalue weighted by Gasteiger charge is 2.27. The molecule has 1 saturated carbocycles. The van der Waals surface area contributed by atoms with Crippen LogP contribution < -0.4 is 10.6 Å². The topological polar surface area (TPSA) is 81.8 Å². The summed E-state index contributed by atoms with van der Waals surface area (Å²) >= 11 is 0. The first-order valence-electron chi connectivity index (χ1n) is 12.4. The molecule has 1 saturated heterocycles. The Hall–Kier alpha value is -2.42. The molecule has 8 heteroatoms. The highest BCUT2D eigenvalue weighted by molar-refractivity contribution is 7.89. The molecule has 0 radical (unpaired) electrons. The number of carbonyl (C=O) groups is 1. The number of benzene rings is 2. The van der Waals surface area contributed by atoms with Crippen molar-refractivity contribution in [1.29, 1.82) is 0 Å². The Bertz CT molecular complexity index is 1080. The van der Waals surface area contributed by atoms with E-state index in [1.807, 2.05) is 18.2 Å². The number of rotatable bonds is 9. The van der Waals surface area contributed by atoms with E-state index in [0.29, 0.717) is 24.8 Å². The van der Waals surface area contributed by atoms with Crippen molar-refractivity contribution in [3.8, 4) is 0 Å². The van der Waals surface area contributed by atoms with Gasteiger partial charge in [-0.15, -0.1) is 0 Å². The Balaban J connectivity index is 1.35. The third-order valence-corrected chi connectivity index (χ3v) is 8.79. The van der Waals surface area contributed by atoms with Crippen LogP contribution >= 0.6 is 0 Å². The first-order chi connectivity index (χ1) is 16.4. The average Bonchev–Trinajstić information content (AvgIpc) is 3.40. The van der Waals surface area contributed by atoms with Gasteiger partial charge in [-0.1, -0.05) is 43.5 Å². The molecule has 34 heavy (non-hydrogen) atoms. The molecule has 1 heterocycles. The van der Waals surface area contributed by atoms with Crippen LogP contribution in [0.3, 0.4) is 0 Å². The summed E-state index contributed by atoms with van der Waals surface area (Å²) in [6.07, 6.45) is 8.22. The van der Waals surface area contributed by atoms with Crippen LogP contribution in [0.4, 0.5) is 11.4 Å². The maximum atomic E-state index is 12.8. The van der Waals surface area contributed by atoms with Crippen molar-refractivity contribution in [2.24, 2.45) is 0 Å². The first kappa shape index (κ1) is 24.7. The quantitative estimate of drug-likeness (QED) is 0.555. The number of hydrogen-bond donors (Lipinski definition) is 2. The van der Waals surface area contributed by atoms with E-state index in [1.54, 1.807) is 24.3 Å². The Morgan fingerprint density at radius 1 is 1.00 bits per heavy atom. The lowest BCUT2D eigenvalue weighted by Gasteiger charge is -2.31. The lowest BCUT2D eigenvalue weighted by Crippen LogP contribution is -2.33. The summed E-state index contributed by atoms with van der Waals surface area (Å²) < 4.78 is 27.2. The molecule has 2 aromatic rings. The van der Waals surface area contributed by atoms with Gasteiger partial charge in [-0.05, 0) is 62.6 Å². The van der Waals surface area contributed by atoms with Crippen molar-refractivity contribution < 1.29 is 13.2 Å². The second kappa shape index (κ2) is 11.3. The van der Waals surface area contributed by atoms with E-state index in [0.717, 1.165) is 25.1 Å². The van der Waals surface area contributed by atoms with Crippen LogP contribution in [-0.2, 0) is 21.4 Å². The van der Waals surface area contributed by atoms with Gasteiger partial charge in [-0.2, -0.15) is 4.31 Å². The van der Waals surface area contributed by atoms with Gasteiger partial charge in [0.05, 0.1) is 11.4 Å². The molecule has 2 fully saturated rings. The Morgan fingerprint density at radius 3 is 2.50 bits per heavy atom. The molecule has 4 rings (SSSR count). The van der Waals surface area contributed by atoms with Gasteiger partial charge in [0, 0.05) is 37.1 Å². The molecule has 0 unspecified atom stereocenters. The van der Waals surface area contributed by atoms with E-state index in [4.69, 9.17) is 0 Å². The molecule has 0 aromatic heterocycles. The van der Waals surface area contributed by atoms with Crippen LogP contribution in [0.5, 0.6) is 0 Å². The Kier molecular flexibility index (Phi) is 8.24. The molecule has 2 aliphatic rings. The lowest BCUT2D eigenvalue weighted by atomic mass is 9.94. The monoisotopic (exact) mass is 484 g/mol. The van der Waals surface area contributed by atoms with Crippen molar-refractivity contribution in [3.05, 3.63) is 54.1 Å². The number of para-hydroxylation sites is 1. The molecular formula is C26H36N4O3S. The van der Waals surface area contributed by atoms with Gasteiger partial charge in [-0.3, -0.25) is 9.69 Å². The predicted octanol–water partition coefficient (Wildman–Crippen LogP) is 4.29. The van der Waals surface area contributed by atoms with Crippen molar-refractivity contribution in [3.63, 3.8) is 0 Å². The standard InChI is InChI=1S/C26H36N4O3S/c1-29(23-12-3-2-4-13-23)20-21-10-5-6-15-25(21)27-19-26(31)28-22-11-9-14-24(18-22)34(32,33)30-16-7-8-17-30/h5-6,9-11,14-15,18,23,27H,2-4,7-8,12-13,16-17,19-20H2,1H3,(H,28,31). The highest BCUT2D eigenvalue weighted by Crippen LogP contribution is 2.25. The average molecular weight is 485 g/mol. The second-order valence-electron chi connectivity index (χ2n) is 9.40. The fourth-order valence-corrected chi connectivity index (χ4v) is 6.51. The molecule has 1 aliphatic heterocycles. The van der Waals surface area contributed by atoms with E-state index in [9.17, 15) is 13.2 Å². The SMILES string of the molecule is CN(Cc1ccccc1NCC(=O)Nc1cccc(S(=O)(=O)N2CCCC2)c1)C1CCCCC1. The van der Waals surface area contributed by atoms with Crippen molar-refractivity contribution in [1.82, 2.24) is 9.21 Å². The summed E-state index contributed by atoms with van der Waals surface area (Å²) in [6.45, 7) is 2.05. The minimum Gasteiger partial charge on any atom is -0.376 e. The number of nitrogens with zero attached hydrogens (tertiary/aromatic N) is 2. The van der Waals surface area contributed by atoms with Crippen molar-refractivity contribution >= 4 is 27.3 Å². The van der Waals surface area contributed by atoms with E-state index in [2.05, 4.69) is 28.6 Å². The molecule has 7 nitrogen and oxygen atoms in total. The number of anilines is 2. The van der Waals surface area contributed by atoms with Crippen LogP contribution in [0.25, 0.3) is 0 Å². The summed E-state index contributed by atoms with van der Waals surface area (Å²) in [6, 6.07) is 15.2. The minimum absolute atomic E-state index is 0.104. The van der Waals surface area contributed by atoms with Crippen molar-refractivity contribution in [2.75, 3.05) is 37.3 Å². The van der Waals surface area contributed by atoms with Crippen molar-refractivity contribution in [2.45, 2.75) is 62.4 Å². The number of hydrogen-bond acceptors (Lipinski definition) is 5. The largest absolute Gasteiger partial charge is 0.376 e. The van der Waals surface area contributed by atoms with E-state index in [-0.39, 0.29) is 17.3 Å². The fourth-order valence-electron chi connectivity index (χ4n) is 4.94. The molecule has 184 valence electrons. The maximum absolute atomic E-state index is 12.8. The van der Waals surface area contributed by atoms with Gasteiger partial charge in [0.2, 0.25) is 15.9 Å². The fraction of sp³-hybridized carbons (Fsp3) is 0.500. The molecule has 0 spiro atoms. The number of amides is 1. The van der Waals surface area contributed by atoms with Crippen LogP contribution in [0.1, 0.15) is 50.5 Å². The van der Waals surface area contributed by atoms with Gasteiger partial charge in [0.1, 0.15) is 0 Å². The third kappa shape index (κ3) is 6.17. The van der Waals surface area contributed by atoms with Gasteiger partial charge in [0.15, 0.2) is 0 Å². The van der Waals surface area contributed by atoms with Crippen LogP contribution in [-0.4, -0.2) is 56.3 Å².